The minimum atomic E-state index is -0.514. The summed E-state index contributed by atoms with van der Waals surface area (Å²) in [5.41, 5.74) is 5.67. The van der Waals surface area contributed by atoms with Gasteiger partial charge in [-0.25, -0.2) is 0 Å². The van der Waals surface area contributed by atoms with Gasteiger partial charge in [-0.2, -0.15) is 11.8 Å². The molecule has 1 spiro atoms. The van der Waals surface area contributed by atoms with Crippen LogP contribution in [0.25, 0.3) is 0 Å². The smallest absolute Gasteiger partial charge is 0.322 e. The molecule has 2 rings (SSSR count). The van der Waals surface area contributed by atoms with Gasteiger partial charge in [0.05, 0.1) is 19.8 Å². The fourth-order valence-corrected chi connectivity index (χ4v) is 3.58. The van der Waals surface area contributed by atoms with Crippen molar-refractivity contribution < 1.29 is 19.0 Å². The van der Waals surface area contributed by atoms with Gasteiger partial charge in [-0.15, -0.1) is 0 Å². The molecular formula is C13H23NO4S. The Morgan fingerprint density at radius 2 is 2.26 bits per heavy atom. The maximum absolute atomic E-state index is 11.1. The van der Waals surface area contributed by atoms with Crippen molar-refractivity contribution in [3.63, 3.8) is 0 Å². The van der Waals surface area contributed by atoms with E-state index in [1.54, 1.807) is 11.8 Å². The van der Waals surface area contributed by atoms with E-state index in [4.69, 9.17) is 15.2 Å². The molecule has 2 N–H and O–H groups in total. The van der Waals surface area contributed by atoms with Gasteiger partial charge >= 0.3 is 5.97 Å². The molecule has 0 aromatic rings. The van der Waals surface area contributed by atoms with E-state index >= 15 is 0 Å². The van der Waals surface area contributed by atoms with Crippen LogP contribution in [-0.4, -0.2) is 49.1 Å². The van der Waals surface area contributed by atoms with E-state index in [1.165, 1.54) is 20.0 Å². The first-order valence-corrected chi connectivity index (χ1v) is 8.04. The van der Waals surface area contributed by atoms with Gasteiger partial charge in [0.15, 0.2) is 5.79 Å². The molecule has 1 heterocycles. The number of methoxy groups -OCH3 is 1. The van der Waals surface area contributed by atoms with Crippen LogP contribution in [0.5, 0.6) is 0 Å². The summed E-state index contributed by atoms with van der Waals surface area (Å²) in [4.78, 5) is 11.1. The van der Waals surface area contributed by atoms with Gasteiger partial charge in [0.1, 0.15) is 6.04 Å². The molecule has 1 saturated heterocycles. The summed E-state index contributed by atoms with van der Waals surface area (Å²) in [5, 5.41) is 0. The number of nitrogens with two attached hydrogens (primary N) is 1. The highest BCUT2D eigenvalue weighted by atomic mass is 32.2. The van der Waals surface area contributed by atoms with Crippen LogP contribution in [0.3, 0.4) is 0 Å². The first kappa shape index (κ1) is 15.1. The van der Waals surface area contributed by atoms with E-state index < -0.39 is 6.04 Å². The molecule has 110 valence electrons. The zero-order valence-electron chi connectivity index (χ0n) is 11.4. The van der Waals surface area contributed by atoms with Crippen LogP contribution in [0.4, 0.5) is 0 Å². The first-order chi connectivity index (χ1) is 9.15. The van der Waals surface area contributed by atoms with Gasteiger partial charge in [-0.3, -0.25) is 4.79 Å². The molecule has 19 heavy (non-hydrogen) atoms. The number of hydrogen-bond acceptors (Lipinski definition) is 6. The zero-order chi connectivity index (χ0) is 13.7. The van der Waals surface area contributed by atoms with Crippen molar-refractivity contribution in [1.82, 2.24) is 0 Å². The van der Waals surface area contributed by atoms with E-state index in [2.05, 4.69) is 4.74 Å². The molecule has 1 saturated carbocycles. The fourth-order valence-electron chi connectivity index (χ4n) is 2.57. The summed E-state index contributed by atoms with van der Waals surface area (Å²) in [6.45, 7) is 0.691. The van der Waals surface area contributed by atoms with Crippen molar-refractivity contribution in [3.8, 4) is 0 Å². The molecule has 6 heteroatoms. The van der Waals surface area contributed by atoms with Crippen molar-refractivity contribution in [2.24, 2.45) is 5.73 Å². The number of thioether (sulfide) groups is 1. The van der Waals surface area contributed by atoms with Crippen LogP contribution in [0.15, 0.2) is 0 Å². The number of esters is 1. The third-order valence-electron chi connectivity index (χ3n) is 3.66. The molecule has 0 amide bonds. The van der Waals surface area contributed by atoms with Crippen LogP contribution in [0.2, 0.25) is 0 Å². The van der Waals surface area contributed by atoms with Crippen molar-refractivity contribution >= 4 is 17.7 Å². The Morgan fingerprint density at radius 1 is 1.53 bits per heavy atom. The lowest BCUT2D eigenvalue weighted by molar-refractivity contribution is -0.159. The van der Waals surface area contributed by atoms with Crippen LogP contribution in [0, 0.1) is 0 Å². The van der Waals surface area contributed by atoms with Crippen LogP contribution < -0.4 is 5.73 Å². The zero-order valence-corrected chi connectivity index (χ0v) is 12.2. The Morgan fingerprint density at radius 3 is 2.95 bits per heavy atom. The minimum absolute atomic E-state index is 0.178. The van der Waals surface area contributed by atoms with Crippen molar-refractivity contribution in [2.75, 3.05) is 25.2 Å². The molecule has 5 nitrogen and oxygen atoms in total. The highest BCUT2D eigenvalue weighted by molar-refractivity contribution is 7.99. The molecule has 0 aromatic heterocycles. The first-order valence-electron chi connectivity index (χ1n) is 6.88. The highest BCUT2D eigenvalue weighted by Gasteiger charge is 2.43. The average molecular weight is 289 g/mol. The molecule has 2 unspecified atom stereocenters. The van der Waals surface area contributed by atoms with E-state index in [0.29, 0.717) is 13.0 Å². The van der Waals surface area contributed by atoms with Gasteiger partial charge < -0.3 is 19.9 Å². The normalized spacial score (nSPS) is 26.7. The summed E-state index contributed by atoms with van der Waals surface area (Å²) in [5.74, 6) is 1.12. The second-order valence-corrected chi connectivity index (χ2v) is 6.31. The van der Waals surface area contributed by atoms with Crippen LogP contribution in [-0.2, 0) is 19.0 Å². The number of carbonyl (C=O) groups excluding carboxylic acids is 1. The third-order valence-corrected chi connectivity index (χ3v) is 4.79. The number of rotatable bonds is 6. The summed E-state index contributed by atoms with van der Waals surface area (Å²) in [7, 11) is 1.36. The molecule has 1 aliphatic heterocycles. The quantitative estimate of drug-likeness (QED) is 0.587. The number of carbonyl (C=O) groups is 1. The maximum Gasteiger partial charge on any atom is 0.322 e. The number of hydrogen-bond donors (Lipinski definition) is 1. The molecule has 0 radical (unpaired) electrons. The maximum atomic E-state index is 11.1. The van der Waals surface area contributed by atoms with Gasteiger partial charge in [0.25, 0.3) is 0 Å². The molecule has 0 aromatic carbocycles. The van der Waals surface area contributed by atoms with Crippen molar-refractivity contribution in [3.05, 3.63) is 0 Å². The molecule has 0 bridgehead atoms. The van der Waals surface area contributed by atoms with Gasteiger partial charge in [-0.05, 0) is 25.0 Å². The summed E-state index contributed by atoms with van der Waals surface area (Å²) in [6, 6.07) is -0.514. The van der Waals surface area contributed by atoms with E-state index in [-0.39, 0.29) is 17.9 Å². The standard InChI is InChI=1S/C13H23NO4S/c1-16-12(15)11(14)4-7-19-9-10-8-17-13(18-10)5-2-3-6-13/h10-11H,2-9,14H2,1H3. The summed E-state index contributed by atoms with van der Waals surface area (Å²) in [6.07, 6.45) is 5.28. The molecule has 2 aliphatic rings. The SMILES string of the molecule is COC(=O)C(N)CCSCC1COC2(CCCC2)O1. The van der Waals surface area contributed by atoms with Crippen LogP contribution >= 0.6 is 11.8 Å². The average Bonchev–Trinajstić information content (AvgIpc) is 3.04. The predicted octanol–water partition coefficient (Wildman–Crippen LogP) is 1.30. The molecule has 2 atom stereocenters. The fraction of sp³-hybridized carbons (Fsp3) is 0.923. The van der Waals surface area contributed by atoms with Crippen molar-refractivity contribution in [2.45, 2.75) is 50.0 Å². The molecule has 2 fully saturated rings. The largest absolute Gasteiger partial charge is 0.468 e. The monoisotopic (exact) mass is 289 g/mol. The Kier molecular flexibility index (Phi) is 5.50. The van der Waals surface area contributed by atoms with E-state index in [9.17, 15) is 4.79 Å². The van der Waals surface area contributed by atoms with Crippen molar-refractivity contribution in [1.29, 1.82) is 0 Å². The lowest BCUT2D eigenvalue weighted by atomic mass is 10.2. The van der Waals surface area contributed by atoms with Crippen LogP contribution in [0.1, 0.15) is 32.1 Å². The van der Waals surface area contributed by atoms with E-state index in [1.807, 2.05) is 0 Å². The second kappa shape index (κ2) is 6.92. The molecule has 1 aliphatic carbocycles. The van der Waals surface area contributed by atoms with Gasteiger partial charge in [0.2, 0.25) is 0 Å². The number of ether oxygens (including phenoxy) is 3. The Hall–Kier alpha value is -0.300. The minimum Gasteiger partial charge on any atom is -0.468 e. The lowest BCUT2D eigenvalue weighted by Crippen LogP contribution is -2.32. The predicted molar refractivity (Wildman–Crippen MR) is 74.0 cm³/mol. The Bertz CT molecular complexity index is 307. The third kappa shape index (κ3) is 4.08. The van der Waals surface area contributed by atoms with Gasteiger partial charge in [0, 0.05) is 18.6 Å². The topological polar surface area (TPSA) is 70.8 Å². The second-order valence-electron chi connectivity index (χ2n) is 5.16. The Labute approximate surface area is 118 Å². The Balaban J connectivity index is 1.58. The highest BCUT2D eigenvalue weighted by Crippen LogP contribution is 2.39. The molecular weight excluding hydrogens is 266 g/mol. The summed E-state index contributed by atoms with van der Waals surface area (Å²) >= 11 is 1.76. The van der Waals surface area contributed by atoms with E-state index in [0.717, 1.165) is 24.3 Å². The lowest BCUT2D eigenvalue weighted by Gasteiger charge is -2.21. The summed E-state index contributed by atoms with van der Waals surface area (Å²) < 4.78 is 16.4. The van der Waals surface area contributed by atoms with Gasteiger partial charge in [-0.1, -0.05) is 0 Å².